The van der Waals surface area contributed by atoms with Crippen LogP contribution in [0.5, 0.6) is 11.5 Å². The van der Waals surface area contributed by atoms with Crippen molar-refractivity contribution in [1.82, 2.24) is 9.97 Å². The molecule has 0 unspecified atom stereocenters. The van der Waals surface area contributed by atoms with Crippen molar-refractivity contribution in [1.29, 1.82) is 0 Å². The molecule has 1 aromatic carbocycles. The van der Waals surface area contributed by atoms with Crippen LogP contribution >= 0.6 is 11.3 Å². The quantitative estimate of drug-likeness (QED) is 0.649. The average molecular weight is 382 g/mol. The van der Waals surface area contributed by atoms with E-state index in [1.54, 1.807) is 17.7 Å². The van der Waals surface area contributed by atoms with Crippen LogP contribution < -0.4 is 14.8 Å². The Kier molecular flexibility index (Phi) is 5.53. The minimum absolute atomic E-state index is 0.668. The molecule has 0 bridgehead atoms. The van der Waals surface area contributed by atoms with E-state index in [4.69, 9.17) is 9.47 Å². The van der Waals surface area contributed by atoms with E-state index < -0.39 is 0 Å². The van der Waals surface area contributed by atoms with Gasteiger partial charge in [-0.1, -0.05) is 12.1 Å². The van der Waals surface area contributed by atoms with Gasteiger partial charge in [0.15, 0.2) is 0 Å². The van der Waals surface area contributed by atoms with Crippen LogP contribution in [0.1, 0.15) is 24.5 Å². The lowest BCUT2D eigenvalue weighted by molar-refractivity contribution is 0.288. The lowest BCUT2D eigenvalue weighted by Crippen LogP contribution is -2.10. The maximum absolute atomic E-state index is 5.68. The molecule has 3 aromatic rings. The van der Waals surface area contributed by atoms with Crippen LogP contribution in [0.25, 0.3) is 10.6 Å². The number of anilines is 1. The molecule has 1 aliphatic rings. The van der Waals surface area contributed by atoms with E-state index in [1.807, 2.05) is 24.4 Å². The molecule has 0 saturated heterocycles. The van der Waals surface area contributed by atoms with Gasteiger partial charge in [0.25, 0.3) is 0 Å². The van der Waals surface area contributed by atoms with Crippen molar-refractivity contribution in [2.45, 2.75) is 26.2 Å². The number of hydrogen-bond donors (Lipinski definition) is 1. The van der Waals surface area contributed by atoms with Crippen LogP contribution in [0.3, 0.4) is 0 Å². The number of hydrogen-bond acceptors (Lipinski definition) is 6. The fourth-order valence-electron chi connectivity index (χ4n) is 3.19. The number of nitrogens with one attached hydrogen (secondary N) is 1. The smallest absolute Gasteiger partial charge is 0.130 e. The van der Waals surface area contributed by atoms with Crippen LogP contribution in [0.2, 0.25) is 0 Å². The monoisotopic (exact) mass is 381 g/mol. The fourth-order valence-corrected chi connectivity index (χ4v) is 3.98. The van der Waals surface area contributed by atoms with Gasteiger partial charge in [-0.25, -0.2) is 9.97 Å². The number of fused-ring (bicyclic) bond motifs is 1. The van der Waals surface area contributed by atoms with Crippen molar-refractivity contribution < 1.29 is 9.47 Å². The third-order valence-electron chi connectivity index (χ3n) is 4.50. The van der Waals surface area contributed by atoms with E-state index in [1.165, 1.54) is 11.1 Å². The number of ether oxygens (including phenoxy) is 2. The Labute approximate surface area is 163 Å². The molecular formula is C21H23N3O2S. The Bertz CT molecular complexity index is 910. The maximum atomic E-state index is 5.68. The minimum atomic E-state index is 0.668. The highest BCUT2D eigenvalue weighted by molar-refractivity contribution is 7.13. The lowest BCUT2D eigenvalue weighted by Gasteiger charge is -2.18. The summed E-state index contributed by atoms with van der Waals surface area (Å²) in [5.41, 5.74) is 3.56. The Hall–Kier alpha value is -2.60. The second-order valence-electron chi connectivity index (χ2n) is 6.44. The van der Waals surface area contributed by atoms with Gasteiger partial charge < -0.3 is 14.8 Å². The SMILES string of the molecule is CCOc1csc(-c2cc(NCCc3ccc4c(c3)CCCO4)ncn2)c1. The molecule has 6 heteroatoms. The first kappa shape index (κ1) is 17.8. The Morgan fingerprint density at radius 2 is 2.19 bits per heavy atom. The van der Waals surface area contributed by atoms with Crippen LogP contribution in [0.15, 0.2) is 42.0 Å². The normalized spacial score (nSPS) is 12.9. The second kappa shape index (κ2) is 8.39. The second-order valence-corrected chi connectivity index (χ2v) is 7.35. The third kappa shape index (κ3) is 4.39. The van der Waals surface area contributed by atoms with Gasteiger partial charge in [-0.2, -0.15) is 0 Å². The van der Waals surface area contributed by atoms with E-state index in [0.717, 1.165) is 60.3 Å². The predicted octanol–water partition coefficient (Wildman–Crippen LogP) is 4.58. The van der Waals surface area contributed by atoms with Gasteiger partial charge in [0.1, 0.15) is 23.6 Å². The Balaban J connectivity index is 1.37. The summed E-state index contributed by atoms with van der Waals surface area (Å²) in [4.78, 5) is 9.81. The molecule has 140 valence electrons. The minimum Gasteiger partial charge on any atom is -0.493 e. The van der Waals surface area contributed by atoms with Gasteiger partial charge in [-0.15, -0.1) is 11.3 Å². The molecule has 0 amide bonds. The highest BCUT2D eigenvalue weighted by Gasteiger charge is 2.10. The first-order chi connectivity index (χ1) is 13.3. The molecule has 0 fully saturated rings. The fraction of sp³-hybridized carbons (Fsp3) is 0.333. The van der Waals surface area contributed by atoms with E-state index in [9.17, 15) is 0 Å². The molecule has 2 aromatic heterocycles. The highest BCUT2D eigenvalue weighted by atomic mass is 32.1. The van der Waals surface area contributed by atoms with Gasteiger partial charge in [-0.05, 0) is 43.4 Å². The van der Waals surface area contributed by atoms with Crippen LogP contribution in [0, 0.1) is 0 Å². The first-order valence-electron chi connectivity index (χ1n) is 9.34. The van der Waals surface area contributed by atoms with Crippen LogP contribution in [-0.4, -0.2) is 29.7 Å². The van der Waals surface area contributed by atoms with Crippen molar-refractivity contribution in [2.75, 3.05) is 25.1 Å². The van der Waals surface area contributed by atoms with Crippen molar-refractivity contribution >= 4 is 17.2 Å². The lowest BCUT2D eigenvalue weighted by atomic mass is 10.0. The standard InChI is InChI=1S/C21H23N3O2S/c1-2-25-17-11-20(27-13-17)18-12-21(24-14-23-18)22-8-7-15-5-6-19-16(10-15)4-3-9-26-19/h5-6,10-14H,2-4,7-9H2,1H3,(H,22,23,24). The van der Waals surface area contributed by atoms with E-state index in [0.29, 0.717) is 6.61 Å². The molecule has 27 heavy (non-hydrogen) atoms. The van der Waals surface area contributed by atoms with Crippen molar-refractivity contribution in [3.63, 3.8) is 0 Å². The summed E-state index contributed by atoms with van der Waals surface area (Å²) in [7, 11) is 0. The summed E-state index contributed by atoms with van der Waals surface area (Å²) >= 11 is 1.63. The van der Waals surface area contributed by atoms with Gasteiger partial charge in [-0.3, -0.25) is 0 Å². The van der Waals surface area contributed by atoms with Gasteiger partial charge in [0, 0.05) is 24.1 Å². The Morgan fingerprint density at radius 1 is 1.22 bits per heavy atom. The molecule has 0 spiro atoms. The molecule has 4 rings (SSSR count). The number of thiophene rings is 1. The summed E-state index contributed by atoms with van der Waals surface area (Å²) in [6.45, 7) is 4.31. The van der Waals surface area contributed by atoms with Crippen LogP contribution in [0.4, 0.5) is 5.82 Å². The van der Waals surface area contributed by atoms with Crippen molar-refractivity contribution in [3.05, 3.63) is 53.2 Å². The van der Waals surface area contributed by atoms with Crippen molar-refractivity contribution in [3.8, 4) is 22.1 Å². The summed E-state index contributed by atoms with van der Waals surface area (Å²) in [5.74, 6) is 2.77. The summed E-state index contributed by atoms with van der Waals surface area (Å²) in [6.07, 6.45) is 4.76. The zero-order chi connectivity index (χ0) is 18.5. The molecule has 1 N–H and O–H groups in total. The number of aryl methyl sites for hydroxylation is 1. The Morgan fingerprint density at radius 3 is 3.11 bits per heavy atom. The topological polar surface area (TPSA) is 56.3 Å². The van der Waals surface area contributed by atoms with Crippen molar-refractivity contribution in [2.24, 2.45) is 0 Å². The summed E-state index contributed by atoms with van der Waals surface area (Å²) in [5, 5.41) is 5.41. The average Bonchev–Trinajstić information content (AvgIpc) is 3.17. The number of rotatable bonds is 7. The zero-order valence-electron chi connectivity index (χ0n) is 15.4. The predicted molar refractivity (Wildman–Crippen MR) is 109 cm³/mol. The maximum Gasteiger partial charge on any atom is 0.130 e. The summed E-state index contributed by atoms with van der Waals surface area (Å²) < 4.78 is 11.2. The molecular weight excluding hydrogens is 358 g/mol. The number of benzene rings is 1. The van der Waals surface area contributed by atoms with Gasteiger partial charge in [0.05, 0.1) is 23.8 Å². The summed E-state index contributed by atoms with van der Waals surface area (Å²) in [6, 6.07) is 10.5. The largest absolute Gasteiger partial charge is 0.493 e. The number of aromatic nitrogens is 2. The van der Waals surface area contributed by atoms with Crippen LogP contribution in [-0.2, 0) is 12.8 Å². The molecule has 0 radical (unpaired) electrons. The molecule has 1 aliphatic heterocycles. The van der Waals surface area contributed by atoms with Gasteiger partial charge in [0.2, 0.25) is 0 Å². The van der Waals surface area contributed by atoms with Gasteiger partial charge >= 0.3 is 0 Å². The van der Waals surface area contributed by atoms with E-state index in [2.05, 4.69) is 33.5 Å². The first-order valence-corrected chi connectivity index (χ1v) is 10.2. The molecule has 5 nitrogen and oxygen atoms in total. The number of nitrogens with zero attached hydrogens (tertiary/aromatic N) is 2. The third-order valence-corrected chi connectivity index (χ3v) is 5.43. The highest BCUT2D eigenvalue weighted by Crippen LogP contribution is 2.30. The zero-order valence-corrected chi connectivity index (χ0v) is 16.2. The molecule has 0 saturated carbocycles. The van der Waals surface area contributed by atoms with E-state index in [-0.39, 0.29) is 0 Å². The van der Waals surface area contributed by atoms with E-state index >= 15 is 0 Å². The molecule has 0 aliphatic carbocycles. The molecule has 3 heterocycles. The molecule has 0 atom stereocenters.